The average Bonchev–Trinajstić information content (AvgIpc) is 2.23. The van der Waals surface area contributed by atoms with E-state index < -0.39 is 6.03 Å². The van der Waals surface area contributed by atoms with Gasteiger partial charge in [0.05, 0.1) is 0 Å². The number of carbonyl (C=O) groups excluding carboxylic acids is 2. The molecular weight excluding hydrogens is 220 g/mol. The number of hydrogen-bond donors (Lipinski definition) is 3. The number of carbonyl (C=O) groups is 2. The van der Waals surface area contributed by atoms with Gasteiger partial charge in [0, 0.05) is 39.1 Å². The molecule has 0 aromatic heterocycles. The third kappa shape index (κ3) is 4.70. The highest BCUT2D eigenvalue weighted by Crippen LogP contribution is 2.06. The fourth-order valence-corrected chi connectivity index (χ4v) is 1.79. The van der Waals surface area contributed by atoms with Gasteiger partial charge in [0.15, 0.2) is 0 Å². The molecule has 6 heteroatoms. The van der Waals surface area contributed by atoms with Crippen LogP contribution in [-0.4, -0.2) is 56.1 Å². The van der Waals surface area contributed by atoms with Gasteiger partial charge < -0.3 is 10.6 Å². The molecule has 1 aliphatic rings. The zero-order chi connectivity index (χ0) is 12.7. The maximum atomic E-state index is 11.4. The quantitative estimate of drug-likeness (QED) is 0.588. The predicted octanol–water partition coefficient (Wildman–Crippen LogP) is -0.484. The van der Waals surface area contributed by atoms with Gasteiger partial charge in [-0.15, -0.1) is 0 Å². The summed E-state index contributed by atoms with van der Waals surface area (Å²) in [5.74, 6) is -0.224. The summed E-state index contributed by atoms with van der Waals surface area (Å²) >= 11 is 0. The molecule has 0 saturated carbocycles. The molecule has 0 aliphatic carbocycles. The lowest BCUT2D eigenvalue weighted by atomic mass is 10.1. The van der Waals surface area contributed by atoms with Crippen molar-refractivity contribution >= 4 is 11.9 Å². The molecule has 0 aromatic carbocycles. The Labute approximate surface area is 102 Å². The Balaban J connectivity index is 2.25. The van der Waals surface area contributed by atoms with Crippen molar-refractivity contribution in [2.45, 2.75) is 25.8 Å². The summed E-state index contributed by atoms with van der Waals surface area (Å²) in [6, 6.07) is 0.102. The molecule has 1 fully saturated rings. The highest BCUT2D eigenvalue weighted by atomic mass is 16.2. The SMILES string of the molecule is CCCN(CCC(=O)NC(=O)NC)C1CNC1. The smallest absolute Gasteiger partial charge is 0.321 e. The van der Waals surface area contributed by atoms with Crippen molar-refractivity contribution < 1.29 is 9.59 Å². The minimum absolute atomic E-state index is 0.224. The standard InChI is InChI=1S/C11H22N4O2/c1-3-5-15(9-7-13-8-9)6-4-10(16)14-11(17)12-2/h9,13H,3-8H2,1-2H3,(H2,12,14,16,17). The molecule has 0 bridgehead atoms. The molecule has 0 unspecified atom stereocenters. The molecule has 0 radical (unpaired) electrons. The normalized spacial score (nSPS) is 15.5. The molecule has 3 amide bonds. The summed E-state index contributed by atoms with van der Waals surface area (Å²) in [6.45, 7) is 5.83. The molecule has 17 heavy (non-hydrogen) atoms. The average molecular weight is 242 g/mol. The molecule has 3 N–H and O–H groups in total. The van der Waals surface area contributed by atoms with Gasteiger partial charge in [-0.3, -0.25) is 15.0 Å². The van der Waals surface area contributed by atoms with E-state index in [4.69, 9.17) is 0 Å². The van der Waals surface area contributed by atoms with Crippen LogP contribution < -0.4 is 16.0 Å². The summed E-state index contributed by atoms with van der Waals surface area (Å²) < 4.78 is 0. The number of urea groups is 1. The Kier molecular flexibility index (Phi) is 5.93. The van der Waals surface area contributed by atoms with E-state index in [1.807, 2.05) is 0 Å². The van der Waals surface area contributed by atoms with Crippen LogP contribution in [-0.2, 0) is 4.79 Å². The van der Waals surface area contributed by atoms with E-state index >= 15 is 0 Å². The number of nitrogens with one attached hydrogen (secondary N) is 3. The van der Waals surface area contributed by atoms with E-state index in [-0.39, 0.29) is 5.91 Å². The van der Waals surface area contributed by atoms with Crippen molar-refractivity contribution in [1.29, 1.82) is 0 Å². The second-order valence-electron chi connectivity index (χ2n) is 4.23. The first-order valence-electron chi connectivity index (χ1n) is 6.13. The molecule has 1 heterocycles. The summed E-state index contributed by atoms with van der Waals surface area (Å²) in [6.07, 6.45) is 1.44. The minimum atomic E-state index is -0.442. The van der Waals surface area contributed by atoms with Crippen LogP contribution in [0.15, 0.2) is 0 Å². The van der Waals surface area contributed by atoms with Gasteiger partial charge in [0.1, 0.15) is 0 Å². The third-order valence-electron chi connectivity index (χ3n) is 2.89. The van der Waals surface area contributed by atoms with Gasteiger partial charge in [-0.25, -0.2) is 4.79 Å². The lowest BCUT2D eigenvalue weighted by Crippen LogP contribution is -2.57. The number of nitrogens with zero attached hydrogens (tertiary/aromatic N) is 1. The highest BCUT2D eigenvalue weighted by Gasteiger charge is 2.24. The van der Waals surface area contributed by atoms with Crippen LogP contribution >= 0.6 is 0 Å². The number of imide groups is 1. The lowest BCUT2D eigenvalue weighted by Gasteiger charge is -2.38. The second kappa shape index (κ2) is 7.24. The van der Waals surface area contributed by atoms with Crippen molar-refractivity contribution in [2.75, 3.05) is 33.2 Å². The van der Waals surface area contributed by atoms with E-state index in [1.165, 1.54) is 7.05 Å². The van der Waals surface area contributed by atoms with E-state index in [0.29, 0.717) is 19.0 Å². The molecule has 0 aromatic rings. The second-order valence-corrected chi connectivity index (χ2v) is 4.23. The molecule has 6 nitrogen and oxygen atoms in total. The third-order valence-corrected chi connectivity index (χ3v) is 2.89. The summed E-state index contributed by atoms with van der Waals surface area (Å²) in [5.41, 5.74) is 0. The van der Waals surface area contributed by atoms with Crippen molar-refractivity contribution in [2.24, 2.45) is 0 Å². The van der Waals surface area contributed by atoms with Gasteiger partial charge in [-0.1, -0.05) is 6.92 Å². The van der Waals surface area contributed by atoms with Crippen LogP contribution in [0.1, 0.15) is 19.8 Å². The molecular formula is C11H22N4O2. The maximum Gasteiger partial charge on any atom is 0.321 e. The summed E-state index contributed by atoms with van der Waals surface area (Å²) in [7, 11) is 1.49. The van der Waals surface area contributed by atoms with Crippen LogP contribution in [0.3, 0.4) is 0 Å². The van der Waals surface area contributed by atoms with Crippen LogP contribution in [0.5, 0.6) is 0 Å². The largest absolute Gasteiger partial charge is 0.341 e. The van der Waals surface area contributed by atoms with Crippen LogP contribution in [0.25, 0.3) is 0 Å². The van der Waals surface area contributed by atoms with Crippen molar-refractivity contribution in [1.82, 2.24) is 20.9 Å². The molecule has 0 atom stereocenters. The van der Waals surface area contributed by atoms with Crippen molar-refractivity contribution in [3.63, 3.8) is 0 Å². The van der Waals surface area contributed by atoms with E-state index in [1.54, 1.807) is 0 Å². The van der Waals surface area contributed by atoms with E-state index in [0.717, 1.165) is 26.1 Å². The zero-order valence-electron chi connectivity index (χ0n) is 10.6. The van der Waals surface area contributed by atoms with Crippen LogP contribution in [0.2, 0.25) is 0 Å². The Bertz CT molecular complexity index is 266. The first kappa shape index (κ1) is 13.9. The van der Waals surface area contributed by atoms with Gasteiger partial charge in [-0.2, -0.15) is 0 Å². The van der Waals surface area contributed by atoms with Crippen molar-refractivity contribution in [3.05, 3.63) is 0 Å². The monoisotopic (exact) mass is 242 g/mol. The van der Waals surface area contributed by atoms with Crippen LogP contribution in [0, 0.1) is 0 Å². The Morgan fingerprint density at radius 2 is 2.06 bits per heavy atom. The van der Waals surface area contributed by atoms with Gasteiger partial charge in [0.2, 0.25) is 5.91 Å². The molecule has 1 aliphatic heterocycles. The van der Waals surface area contributed by atoms with Gasteiger partial charge in [-0.05, 0) is 13.0 Å². The highest BCUT2D eigenvalue weighted by molar-refractivity contribution is 5.94. The Morgan fingerprint density at radius 1 is 1.35 bits per heavy atom. The number of hydrogen-bond acceptors (Lipinski definition) is 4. The molecule has 0 spiro atoms. The van der Waals surface area contributed by atoms with E-state index in [9.17, 15) is 9.59 Å². The maximum absolute atomic E-state index is 11.4. The fraction of sp³-hybridized carbons (Fsp3) is 0.818. The van der Waals surface area contributed by atoms with Gasteiger partial charge in [0.25, 0.3) is 0 Å². The predicted molar refractivity (Wildman–Crippen MR) is 65.7 cm³/mol. The topological polar surface area (TPSA) is 73.5 Å². The summed E-state index contributed by atoms with van der Waals surface area (Å²) in [5, 5.41) is 7.85. The van der Waals surface area contributed by atoms with Crippen LogP contribution in [0.4, 0.5) is 4.79 Å². The number of rotatable bonds is 6. The molecule has 98 valence electrons. The Morgan fingerprint density at radius 3 is 2.53 bits per heavy atom. The minimum Gasteiger partial charge on any atom is -0.341 e. The molecule has 1 saturated heterocycles. The molecule has 1 rings (SSSR count). The summed E-state index contributed by atoms with van der Waals surface area (Å²) in [4.78, 5) is 24.7. The zero-order valence-corrected chi connectivity index (χ0v) is 10.6. The van der Waals surface area contributed by atoms with Crippen molar-refractivity contribution in [3.8, 4) is 0 Å². The fourth-order valence-electron chi connectivity index (χ4n) is 1.79. The number of amides is 3. The first-order chi connectivity index (χ1) is 8.17. The van der Waals surface area contributed by atoms with Gasteiger partial charge >= 0.3 is 6.03 Å². The Hall–Kier alpha value is -1.14. The first-order valence-corrected chi connectivity index (χ1v) is 6.13. The van der Waals surface area contributed by atoms with E-state index in [2.05, 4.69) is 27.8 Å². The lowest BCUT2D eigenvalue weighted by molar-refractivity contribution is -0.120.